The zero-order valence-electron chi connectivity index (χ0n) is 17.7. The van der Waals surface area contributed by atoms with Crippen LogP contribution in [-0.4, -0.2) is 45.4 Å². The van der Waals surface area contributed by atoms with Crippen LogP contribution in [-0.2, 0) is 16.2 Å². The quantitative estimate of drug-likeness (QED) is 0.521. The van der Waals surface area contributed by atoms with Gasteiger partial charge in [0, 0.05) is 42.9 Å². The highest BCUT2D eigenvalue weighted by atomic mass is 32.2. The first-order valence-electron chi connectivity index (χ1n) is 9.31. The number of carbonyl (C=O) groups is 1. The van der Waals surface area contributed by atoms with Gasteiger partial charge in [0.15, 0.2) is 0 Å². The first-order chi connectivity index (χ1) is 15.3. The predicted octanol–water partition coefficient (Wildman–Crippen LogP) is 3.82. The third-order valence-electron chi connectivity index (χ3n) is 4.91. The van der Waals surface area contributed by atoms with Gasteiger partial charge >= 0.3 is 6.18 Å². The third-order valence-corrected chi connectivity index (χ3v) is 6.10. The SMILES string of the molecule is C=CC(=N)c1cc2c(C(=O)NC)c(-c3ccc(C(F)(F)F)nc3)oc2cc1N(C)S(C)(=O)=O. The second-order valence-corrected chi connectivity index (χ2v) is 9.04. The Labute approximate surface area is 187 Å². The topological polar surface area (TPSA) is 116 Å². The van der Waals surface area contributed by atoms with Crippen molar-refractivity contribution < 1.29 is 30.8 Å². The van der Waals surface area contributed by atoms with Crippen molar-refractivity contribution in [3.63, 3.8) is 0 Å². The molecular formula is C21H19F3N4O4S. The van der Waals surface area contributed by atoms with E-state index >= 15 is 0 Å². The first kappa shape index (κ1) is 24.0. The second-order valence-electron chi connectivity index (χ2n) is 7.03. The summed E-state index contributed by atoms with van der Waals surface area (Å²) in [5, 5.41) is 10.9. The van der Waals surface area contributed by atoms with Gasteiger partial charge < -0.3 is 15.1 Å². The van der Waals surface area contributed by atoms with Crippen LogP contribution in [0, 0.1) is 5.41 Å². The summed E-state index contributed by atoms with van der Waals surface area (Å²) in [6.07, 6.45) is -1.51. The number of amides is 1. The number of sulfonamides is 1. The highest BCUT2D eigenvalue weighted by Gasteiger charge is 2.33. The van der Waals surface area contributed by atoms with Crippen molar-refractivity contribution in [3.8, 4) is 11.3 Å². The fourth-order valence-electron chi connectivity index (χ4n) is 3.15. The molecule has 0 aliphatic carbocycles. The largest absolute Gasteiger partial charge is 0.455 e. The molecular weight excluding hydrogens is 461 g/mol. The maximum absolute atomic E-state index is 12.9. The summed E-state index contributed by atoms with van der Waals surface area (Å²) in [4.78, 5) is 16.1. The molecule has 0 saturated carbocycles. The molecule has 2 heterocycles. The van der Waals surface area contributed by atoms with E-state index in [0.29, 0.717) is 0 Å². The van der Waals surface area contributed by atoms with E-state index in [9.17, 15) is 26.4 Å². The van der Waals surface area contributed by atoms with Crippen molar-refractivity contribution in [2.45, 2.75) is 6.18 Å². The predicted molar refractivity (Wildman–Crippen MR) is 118 cm³/mol. The Morgan fingerprint density at radius 1 is 1.30 bits per heavy atom. The minimum Gasteiger partial charge on any atom is -0.455 e. The molecule has 33 heavy (non-hydrogen) atoms. The smallest absolute Gasteiger partial charge is 0.433 e. The number of nitrogens with zero attached hydrogens (tertiary/aromatic N) is 2. The molecule has 0 bridgehead atoms. The van der Waals surface area contributed by atoms with Gasteiger partial charge in [-0.25, -0.2) is 8.42 Å². The zero-order valence-corrected chi connectivity index (χ0v) is 18.6. The van der Waals surface area contributed by atoms with E-state index in [1.165, 1.54) is 32.3 Å². The Hall–Kier alpha value is -3.67. The number of alkyl halides is 3. The Morgan fingerprint density at radius 2 is 1.97 bits per heavy atom. The van der Waals surface area contributed by atoms with E-state index in [2.05, 4.69) is 16.9 Å². The molecule has 0 atom stereocenters. The van der Waals surface area contributed by atoms with Gasteiger partial charge in [0.1, 0.15) is 17.0 Å². The molecule has 0 saturated heterocycles. The van der Waals surface area contributed by atoms with Crippen LogP contribution in [0.4, 0.5) is 18.9 Å². The first-order valence-corrected chi connectivity index (χ1v) is 11.2. The number of pyridine rings is 1. The standard InChI is InChI=1S/C21H19F3N4O4S/c1-5-14(25)12-8-13-16(9-15(12)28(3)33(4,30)31)32-19(18(13)20(29)26-2)11-6-7-17(27-10-11)21(22,23)24/h5-10,25H,1H2,2-4H3,(H,26,29). The molecule has 0 unspecified atom stereocenters. The Balaban J connectivity index is 2.35. The lowest BCUT2D eigenvalue weighted by Crippen LogP contribution is -2.26. The van der Waals surface area contributed by atoms with E-state index in [0.717, 1.165) is 28.9 Å². The highest BCUT2D eigenvalue weighted by Crippen LogP contribution is 2.38. The van der Waals surface area contributed by atoms with Crippen LogP contribution in [0.1, 0.15) is 21.6 Å². The second kappa shape index (κ2) is 8.35. The molecule has 2 N–H and O–H groups in total. The molecule has 8 nitrogen and oxygen atoms in total. The molecule has 12 heteroatoms. The van der Waals surface area contributed by atoms with Crippen molar-refractivity contribution >= 4 is 38.3 Å². The third kappa shape index (κ3) is 4.46. The number of anilines is 1. The van der Waals surface area contributed by atoms with Gasteiger partial charge in [-0.2, -0.15) is 13.2 Å². The number of nitrogens with one attached hydrogen (secondary N) is 2. The number of furan rings is 1. The average molecular weight is 480 g/mol. The number of aromatic nitrogens is 1. The van der Waals surface area contributed by atoms with E-state index in [1.54, 1.807) is 0 Å². The number of hydrogen-bond acceptors (Lipinski definition) is 6. The lowest BCUT2D eigenvalue weighted by atomic mass is 10.0. The minimum absolute atomic E-state index is 0.000676. The normalized spacial score (nSPS) is 11.9. The van der Waals surface area contributed by atoms with Crippen molar-refractivity contribution in [1.82, 2.24) is 10.3 Å². The van der Waals surface area contributed by atoms with Gasteiger partial charge in [0.25, 0.3) is 5.91 Å². The highest BCUT2D eigenvalue weighted by molar-refractivity contribution is 7.92. The molecule has 1 amide bonds. The van der Waals surface area contributed by atoms with Gasteiger partial charge in [0.05, 0.1) is 23.2 Å². The summed E-state index contributed by atoms with van der Waals surface area (Å²) >= 11 is 0. The summed E-state index contributed by atoms with van der Waals surface area (Å²) in [7, 11) is -1.06. The molecule has 0 fully saturated rings. The molecule has 1 aromatic carbocycles. The van der Waals surface area contributed by atoms with Gasteiger partial charge in [0.2, 0.25) is 10.0 Å². The molecule has 3 aromatic rings. The van der Waals surface area contributed by atoms with Crippen LogP contribution < -0.4 is 9.62 Å². The van der Waals surface area contributed by atoms with Gasteiger partial charge in [-0.15, -0.1) is 0 Å². The van der Waals surface area contributed by atoms with Crippen molar-refractivity contribution in [2.75, 3.05) is 24.7 Å². The number of carbonyl (C=O) groups excluding carboxylic acids is 1. The Bertz CT molecular complexity index is 1380. The molecule has 0 spiro atoms. The van der Waals surface area contributed by atoms with Gasteiger partial charge in [-0.05, 0) is 24.3 Å². The summed E-state index contributed by atoms with van der Waals surface area (Å²) < 4.78 is 69.7. The number of hydrogen-bond donors (Lipinski definition) is 2. The van der Waals surface area contributed by atoms with E-state index in [-0.39, 0.29) is 44.8 Å². The maximum Gasteiger partial charge on any atom is 0.433 e. The lowest BCUT2D eigenvalue weighted by molar-refractivity contribution is -0.141. The molecule has 0 radical (unpaired) electrons. The summed E-state index contributed by atoms with van der Waals surface area (Å²) in [5.41, 5.74) is -0.754. The van der Waals surface area contributed by atoms with Crippen molar-refractivity contribution in [3.05, 3.63) is 59.9 Å². The molecule has 2 aromatic heterocycles. The molecule has 174 valence electrons. The monoisotopic (exact) mass is 480 g/mol. The van der Waals surface area contributed by atoms with Gasteiger partial charge in [-0.1, -0.05) is 6.58 Å². The lowest BCUT2D eigenvalue weighted by Gasteiger charge is -2.20. The Morgan fingerprint density at radius 3 is 2.45 bits per heavy atom. The van der Waals surface area contributed by atoms with Crippen LogP contribution in [0.3, 0.4) is 0 Å². The van der Waals surface area contributed by atoms with Crippen molar-refractivity contribution in [2.24, 2.45) is 0 Å². The van der Waals surface area contributed by atoms with Crippen LogP contribution in [0.25, 0.3) is 22.3 Å². The summed E-state index contributed by atoms with van der Waals surface area (Å²) in [5.74, 6) is -0.648. The van der Waals surface area contributed by atoms with Crippen LogP contribution in [0.2, 0.25) is 0 Å². The van der Waals surface area contributed by atoms with E-state index < -0.39 is 27.8 Å². The van der Waals surface area contributed by atoms with Crippen LogP contribution in [0.5, 0.6) is 0 Å². The molecule has 0 aliphatic rings. The van der Waals surface area contributed by atoms with E-state index in [1.807, 2.05) is 0 Å². The maximum atomic E-state index is 12.9. The van der Waals surface area contributed by atoms with Gasteiger partial charge in [-0.3, -0.25) is 14.1 Å². The summed E-state index contributed by atoms with van der Waals surface area (Å²) in [6, 6.07) is 4.64. The van der Waals surface area contributed by atoms with Crippen molar-refractivity contribution in [1.29, 1.82) is 5.41 Å². The Kier molecular flexibility index (Phi) is 6.07. The average Bonchev–Trinajstić information content (AvgIpc) is 3.13. The number of rotatable bonds is 6. The zero-order chi connectivity index (χ0) is 24.7. The minimum atomic E-state index is -4.64. The number of benzene rings is 1. The van der Waals surface area contributed by atoms with Crippen LogP contribution in [0.15, 0.2) is 47.5 Å². The van der Waals surface area contributed by atoms with Crippen LogP contribution >= 0.6 is 0 Å². The fourth-order valence-corrected chi connectivity index (χ4v) is 3.65. The number of fused-ring (bicyclic) bond motifs is 1. The molecule has 0 aliphatic heterocycles. The van der Waals surface area contributed by atoms with E-state index in [4.69, 9.17) is 9.83 Å². The fraction of sp³-hybridized carbons (Fsp3) is 0.190. The number of allylic oxidation sites excluding steroid dienone is 1. The number of halogens is 3. The molecule has 3 rings (SSSR count). The summed E-state index contributed by atoms with van der Waals surface area (Å²) in [6.45, 7) is 3.54.